The van der Waals surface area contributed by atoms with Gasteiger partial charge in [0.15, 0.2) is 11.5 Å². The van der Waals surface area contributed by atoms with Crippen molar-refractivity contribution < 1.29 is 28.6 Å². The first-order chi connectivity index (χ1) is 16.2. The predicted octanol–water partition coefficient (Wildman–Crippen LogP) is 6.33. The van der Waals surface area contributed by atoms with E-state index in [9.17, 15) is 14.4 Å². The van der Waals surface area contributed by atoms with E-state index in [1.807, 2.05) is 0 Å². The highest BCUT2D eigenvalue weighted by atomic mass is 79.9. The number of ether oxygens (including phenoxy) is 3. The molecule has 0 radical (unpaired) electrons. The Morgan fingerprint density at radius 1 is 1.18 bits per heavy atom. The van der Waals surface area contributed by atoms with Gasteiger partial charge < -0.3 is 14.2 Å². The minimum atomic E-state index is -1.02. The van der Waals surface area contributed by atoms with Gasteiger partial charge in [-0.3, -0.25) is 14.5 Å². The summed E-state index contributed by atoms with van der Waals surface area (Å²) in [7, 11) is 1.49. The van der Waals surface area contributed by atoms with Crippen molar-refractivity contribution >= 4 is 74.1 Å². The topological polar surface area (TPSA) is 82.1 Å². The highest BCUT2D eigenvalue weighted by molar-refractivity contribution is 9.10. The molecular weight excluding hydrogens is 569 g/mol. The van der Waals surface area contributed by atoms with E-state index < -0.39 is 23.2 Å². The van der Waals surface area contributed by atoms with E-state index in [-0.39, 0.29) is 18.1 Å². The van der Waals surface area contributed by atoms with Crippen LogP contribution in [0.5, 0.6) is 11.5 Å². The van der Waals surface area contributed by atoms with E-state index in [0.717, 1.165) is 22.2 Å². The largest absolute Gasteiger partial charge is 0.493 e. The summed E-state index contributed by atoms with van der Waals surface area (Å²) in [5.41, 5.74) is 1.41. The fourth-order valence-corrected chi connectivity index (χ4v) is 4.70. The standard InChI is InChI=1S/C23H20BrCl2NO6S/c1-4-32-22(29)12(2)27-21(28)20(34-23(27)30)9-14-8-18(31-3)19(10-15(14)24)33-11-13-5-6-16(25)17(26)7-13/h5-10,12H,4,11H2,1-3H3/b20-9+/t12-/m0/s1. The molecule has 1 aliphatic rings. The van der Waals surface area contributed by atoms with E-state index in [1.54, 1.807) is 43.3 Å². The van der Waals surface area contributed by atoms with E-state index >= 15 is 0 Å². The quantitative estimate of drug-likeness (QED) is 0.263. The van der Waals surface area contributed by atoms with Crippen molar-refractivity contribution in [1.82, 2.24) is 4.90 Å². The second kappa shape index (κ2) is 11.5. The molecule has 0 saturated carbocycles. The second-order valence-corrected chi connectivity index (χ2v) is 9.70. The molecular formula is C23H20BrCl2NO6S. The number of halogens is 3. The molecule has 34 heavy (non-hydrogen) atoms. The molecule has 0 spiro atoms. The number of methoxy groups -OCH3 is 1. The molecule has 1 fully saturated rings. The summed E-state index contributed by atoms with van der Waals surface area (Å²) in [5, 5.41) is 0.343. The number of esters is 1. The van der Waals surface area contributed by atoms with Crippen LogP contribution < -0.4 is 9.47 Å². The highest BCUT2D eigenvalue weighted by Crippen LogP contribution is 2.39. The number of hydrogen-bond donors (Lipinski definition) is 0. The van der Waals surface area contributed by atoms with E-state index in [2.05, 4.69) is 15.9 Å². The van der Waals surface area contributed by atoms with Gasteiger partial charge >= 0.3 is 5.97 Å². The zero-order chi connectivity index (χ0) is 25.0. The van der Waals surface area contributed by atoms with Gasteiger partial charge in [-0.1, -0.05) is 45.2 Å². The van der Waals surface area contributed by atoms with Gasteiger partial charge in [0, 0.05) is 4.47 Å². The van der Waals surface area contributed by atoms with Crippen LogP contribution in [-0.4, -0.2) is 41.8 Å². The van der Waals surface area contributed by atoms with Crippen molar-refractivity contribution in [3.8, 4) is 11.5 Å². The number of imide groups is 1. The first-order valence-corrected chi connectivity index (χ1v) is 12.4. The summed E-state index contributed by atoms with van der Waals surface area (Å²) in [4.78, 5) is 38.3. The lowest BCUT2D eigenvalue weighted by Crippen LogP contribution is -2.42. The van der Waals surface area contributed by atoms with Crippen LogP contribution in [0.4, 0.5) is 4.79 Å². The number of benzene rings is 2. The molecule has 11 heteroatoms. The summed E-state index contributed by atoms with van der Waals surface area (Å²) in [6.45, 7) is 3.49. The second-order valence-electron chi connectivity index (χ2n) is 7.04. The lowest BCUT2D eigenvalue weighted by molar-refractivity contribution is -0.150. The maximum Gasteiger partial charge on any atom is 0.329 e. The molecule has 3 rings (SSSR count). The lowest BCUT2D eigenvalue weighted by atomic mass is 10.1. The summed E-state index contributed by atoms with van der Waals surface area (Å²) in [6, 6.07) is 7.57. The number of hydrogen-bond acceptors (Lipinski definition) is 7. The Bertz CT molecular complexity index is 1170. The van der Waals surface area contributed by atoms with Gasteiger partial charge in [0.05, 0.1) is 28.7 Å². The van der Waals surface area contributed by atoms with E-state index in [1.165, 1.54) is 14.0 Å². The van der Waals surface area contributed by atoms with E-state index in [4.69, 9.17) is 37.4 Å². The molecule has 0 unspecified atom stereocenters. The van der Waals surface area contributed by atoms with Crippen LogP contribution in [0.15, 0.2) is 39.7 Å². The molecule has 7 nitrogen and oxygen atoms in total. The van der Waals surface area contributed by atoms with Crippen molar-refractivity contribution in [2.75, 3.05) is 13.7 Å². The smallest absolute Gasteiger partial charge is 0.329 e. The number of carbonyl (C=O) groups is 3. The zero-order valence-corrected chi connectivity index (χ0v) is 22.3. The van der Waals surface area contributed by atoms with Gasteiger partial charge in [0.25, 0.3) is 11.1 Å². The van der Waals surface area contributed by atoms with E-state index in [0.29, 0.717) is 31.6 Å². The Balaban J connectivity index is 1.82. The van der Waals surface area contributed by atoms with Crippen molar-refractivity contribution in [2.24, 2.45) is 0 Å². The van der Waals surface area contributed by atoms with Crippen LogP contribution in [0.3, 0.4) is 0 Å². The van der Waals surface area contributed by atoms with Crippen molar-refractivity contribution in [3.05, 3.63) is 60.9 Å². The third kappa shape index (κ3) is 5.89. The Labute approximate surface area is 219 Å². The summed E-state index contributed by atoms with van der Waals surface area (Å²) in [5.74, 6) is -0.325. The number of nitrogens with zero attached hydrogens (tertiary/aromatic N) is 1. The van der Waals surface area contributed by atoms with Gasteiger partial charge in [0.1, 0.15) is 12.6 Å². The molecule has 0 aromatic heterocycles. The van der Waals surface area contributed by atoms with Gasteiger partial charge in [-0.25, -0.2) is 4.79 Å². The lowest BCUT2D eigenvalue weighted by Gasteiger charge is -2.19. The normalized spacial score (nSPS) is 15.6. The highest BCUT2D eigenvalue weighted by Gasteiger charge is 2.41. The van der Waals surface area contributed by atoms with Crippen molar-refractivity contribution in [1.29, 1.82) is 0 Å². The average molecular weight is 589 g/mol. The molecule has 2 aromatic carbocycles. The van der Waals surface area contributed by atoms with Crippen LogP contribution >= 0.6 is 50.9 Å². The van der Waals surface area contributed by atoms with Gasteiger partial charge in [-0.05, 0) is 67.1 Å². The monoisotopic (exact) mass is 587 g/mol. The number of rotatable bonds is 8. The molecule has 0 N–H and O–H groups in total. The molecule has 180 valence electrons. The first kappa shape index (κ1) is 26.4. The summed E-state index contributed by atoms with van der Waals surface area (Å²) >= 11 is 16.2. The van der Waals surface area contributed by atoms with Gasteiger partial charge in [-0.2, -0.15) is 0 Å². The third-order valence-corrected chi connectivity index (χ3v) is 7.10. The average Bonchev–Trinajstić information content (AvgIpc) is 3.08. The summed E-state index contributed by atoms with van der Waals surface area (Å²) in [6.07, 6.45) is 1.55. The van der Waals surface area contributed by atoms with Crippen LogP contribution in [0, 0.1) is 0 Å². The molecule has 1 heterocycles. The van der Waals surface area contributed by atoms with Crippen molar-refractivity contribution in [3.63, 3.8) is 0 Å². The Morgan fingerprint density at radius 2 is 1.91 bits per heavy atom. The van der Waals surface area contributed by atoms with Gasteiger partial charge in [-0.15, -0.1) is 0 Å². The molecule has 1 atom stereocenters. The first-order valence-electron chi connectivity index (χ1n) is 10.0. The minimum absolute atomic E-state index is 0.154. The molecule has 2 amide bonds. The third-order valence-electron chi connectivity index (χ3n) is 4.79. The Hall–Kier alpha value is -2.20. The Morgan fingerprint density at radius 3 is 2.56 bits per heavy atom. The van der Waals surface area contributed by atoms with Crippen LogP contribution in [0.25, 0.3) is 6.08 Å². The SMILES string of the molecule is CCOC(=O)[C@H](C)N1C(=O)S/C(=C/c2cc(OC)c(OCc3ccc(Cl)c(Cl)c3)cc2Br)C1=O. The van der Waals surface area contributed by atoms with Gasteiger partial charge in [0.2, 0.25) is 0 Å². The molecule has 0 aliphatic carbocycles. The fourth-order valence-electron chi connectivity index (χ4n) is 3.05. The van der Waals surface area contributed by atoms with Crippen molar-refractivity contribution in [2.45, 2.75) is 26.5 Å². The maximum absolute atomic E-state index is 12.8. The molecule has 0 bridgehead atoms. The molecule has 1 aliphatic heterocycles. The number of amides is 2. The Kier molecular flexibility index (Phi) is 8.92. The minimum Gasteiger partial charge on any atom is -0.493 e. The number of carbonyl (C=O) groups excluding carboxylic acids is 3. The maximum atomic E-state index is 12.8. The zero-order valence-electron chi connectivity index (χ0n) is 18.4. The molecule has 2 aromatic rings. The van der Waals surface area contributed by atoms with Crippen LogP contribution in [-0.2, 0) is 20.9 Å². The fraction of sp³-hybridized carbons (Fsp3) is 0.261. The van der Waals surface area contributed by atoms with Crippen LogP contribution in [0.1, 0.15) is 25.0 Å². The summed E-state index contributed by atoms with van der Waals surface area (Å²) < 4.78 is 16.9. The number of thioether (sulfide) groups is 1. The van der Waals surface area contributed by atoms with Crippen LogP contribution in [0.2, 0.25) is 10.0 Å². The molecule has 1 saturated heterocycles. The predicted molar refractivity (Wildman–Crippen MR) is 135 cm³/mol.